The Hall–Kier alpha value is -3.43. The fourth-order valence-electron chi connectivity index (χ4n) is 2.97. The number of nitrogens with zero attached hydrogens (tertiary/aromatic N) is 2. The number of pyridine rings is 1. The van der Waals surface area contributed by atoms with Crippen LogP contribution in [-0.2, 0) is 10.0 Å². The minimum Gasteiger partial charge on any atom is -0.493 e. The highest BCUT2D eigenvalue weighted by Crippen LogP contribution is 2.32. The van der Waals surface area contributed by atoms with E-state index in [1.54, 1.807) is 36.7 Å². The van der Waals surface area contributed by atoms with Crippen molar-refractivity contribution < 1.29 is 17.9 Å². The summed E-state index contributed by atoms with van der Waals surface area (Å²) in [5.41, 5.74) is 3.00. The molecular formula is C22H19N3O4S2. The van der Waals surface area contributed by atoms with Crippen LogP contribution < -0.4 is 14.2 Å². The van der Waals surface area contributed by atoms with E-state index in [4.69, 9.17) is 9.47 Å². The monoisotopic (exact) mass is 453 g/mol. The lowest BCUT2D eigenvalue weighted by atomic mass is 10.1. The van der Waals surface area contributed by atoms with Gasteiger partial charge in [-0.05, 0) is 36.4 Å². The molecule has 0 radical (unpaired) electrons. The molecule has 0 saturated heterocycles. The van der Waals surface area contributed by atoms with Crippen LogP contribution in [0.3, 0.4) is 0 Å². The summed E-state index contributed by atoms with van der Waals surface area (Å²) >= 11 is 1.52. The van der Waals surface area contributed by atoms with Crippen molar-refractivity contribution in [2.45, 2.75) is 4.90 Å². The maximum atomic E-state index is 12.9. The molecule has 0 saturated carbocycles. The van der Waals surface area contributed by atoms with E-state index in [1.165, 1.54) is 37.7 Å². The van der Waals surface area contributed by atoms with Crippen molar-refractivity contribution in [2.75, 3.05) is 18.9 Å². The quantitative estimate of drug-likeness (QED) is 0.437. The molecule has 7 nitrogen and oxygen atoms in total. The zero-order valence-electron chi connectivity index (χ0n) is 16.8. The minimum atomic E-state index is -3.82. The van der Waals surface area contributed by atoms with Crippen LogP contribution in [-0.4, -0.2) is 32.6 Å². The van der Waals surface area contributed by atoms with Crippen LogP contribution in [0, 0.1) is 0 Å². The van der Waals surface area contributed by atoms with Crippen molar-refractivity contribution in [1.29, 1.82) is 0 Å². The average molecular weight is 454 g/mol. The summed E-state index contributed by atoms with van der Waals surface area (Å²) in [4.78, 5) is 8.77. The number of ether oxygens (including phenoxy) is 2. The second-order valence-corrected chi connectivity index (χ2v) is 9.02. The number of aromatic nitrogens is 2. The molecule has 0 atom stereocenters. The normalized spacial score (nSPS) is 11.2. The van der Waals surface area contributed by atoms with Gasteiger partial charge in [0, 0.05) is 40.7 Å². The van der Waals surface area contributed by atoms with Crippen molar-refractivity contribution in [2.24, 2.45) is 0 Å². The van der Waals surface area contributed by atoms with E-state index >= 15 is 0 Å². The van der Waals surface area contributed by atoms with Crippen molar-refractivity contribution in [3.63, 3.8) is 0 Å². The second-order valence-electron chi connectivity index (χ2n) is 6.48. The van der Waals surface area contributed by atoms with Crippen molar-refractivity contribution in [3.05, 3.63) is 72.4 Å². The third-order valence-electron chi connectivity index (χ3n) is 4.51. The van der Waals surface area contributed by atoms with Gasteiger partial charge in [0.25, 0.3) is 10.0 Å². The van der Waals surface area contributed by atoms with E-state index in [0.29, 0.717) is 17.2 Å². The van der Waals surface area contributed by atoms with Gasteiger partial charge < -0.3 is 9.47 Å². The van der Waals surface area contributed by atoms with E-state index in [0.717, 1.165) is 21.8 Å². The van der Waals surface area contributed by atoms with Gasteiger partial charge in [-0.15, -0.1) is 11.3 Å². The van der Waals surface area contributed by atoms with Gasteiger partial charge in [-0.3, -0.25) is 9.71 Å². The Morgan fingerprint density at radius 3 is 2.42 bits per heavy atom. The zero-order chi connectivity index (χ0) is 21.8. The van der Waals surface area contributed by atoms with Crippen LogP contribution in [0.5, 0.6) is 11.5 Å². The number of nitrogens with one attached hydrogen (secondary N) is 1. The number of anilines is 1. The molecule has 0 spiro atoms. The standard InChI is InChI=1S/C22H19N3O4S2/c1-28-20-7-6-18(13-21(20)29-2)31(26,27)25-17-5-3-4-16(12-17)19-14-30-22(24-19)15-8-10-23-11-9-15/h3-14,25H,1-2H3. The number of hydrogen-bond donors (Lipinski definition) is 1. The lowest BCUT2D eigenvalue weighted by Crippen LogP contribution is -2.13. The summed E-state index contributed by atoms with van der Waals surface area (Å²) < 4.78 is 38.8. The van der Waals surface area contributed by atoms with Crippen LogP contribution in [0.1, 0.15) is 0 Å². The van der Waals surface area contributed by atoms with Gasteiger partial charge in [0.1, 0.15) is 5.01 Å². The molecule has 4 rings (SSSR count). The SMILES string of the molecule is COc1ccc(S(=O)(=O)Nc2cccc(-c3csc(-c4ccncc4)n3)c2)cc1OC. The minimum absolute atomic E-state index is 0.0733. The van der Waals surface area contributed by atoms with Crippen molar-refractivity contribution in [3.8, 4) is 33.3 Å². The topological polar surface area (TPSA) is 90.4 Å². The molecule has 158 valence electrons. The van der Waals surface area contributed by atoms with Gasteiger partial charge in [-0.2, -0.15) is 0 Å². The van der Waals surface area contributed by atoms with Crippen LogP contribution in [0.4, 0.5) is 5.69 Å². The largest absolute Gasteiger partial charge is 0.493 e. The molecule has 0 aliphatic rings. The number of methoxy groups -OCH3 is 2. The Balaban J connectivity index is 1.60. The van der Waals surface area contributed by atoms with E-state index in [1.807, 2.05) is 23.6 Å². The highest BCUT2D eigenvalue weighted by molar-refractivity contribution is 7.92. The first-order chi connectivity index (χ1) is 15.0. The summed E-state index contributed by atoms with van der Waals surface area (Å²) in [7, 11) is -0.866. The average Bonchev–Trinajstić information content (AvgIpc) is 3.29. The molecular weight excluding hydrogens is 434 g/mol. The summed E-state index contributed by atoms with van der Waals surface area (Å²) in [5, 5.41) is 2.81. The van der Waals surface area contributed by atoms with E-state index in [-0.39, 0.29) is 4.90 Å². The van der Waals surface area contributed by atoms with Crippen LogP contribution >= 0.6 is 11.3 Å². The summed E-state index contributed by atoms with van der Waals surface area (Å²) in [6, 6.07) is 15.4. The Morgan fingerprint density at radius 2 is 1.68 bits per heavy atom. The molecule has 2 aromatic carbocycles. The van der Waals surface area contributed by atoms with Gasteiger partial charge in [0.15, 0.2) is 11.5 Å². The summed E-state index contributed by atoms with van der Waals surface area (Å²) in [6.45, 7) is 0. The highest BCUT2D eigenvalue weighted by Gasteiger charge is 2.18. The number of sulfonamides is 1. The lowest BCUT2D eigenvalue weighted by molar-refractivity contribution is 0.354. The molecule has 0 aliphatic heterocycles. The zero-order valence-corrected chi connectivity index (χ0v) is 18.4. The molecule has 0 aliphatic carbocycles. The van der Waals surface area contributed by atoms with Crippen molar-refractivity contribution in [1.82, 2.24) is 9.97 Å². The highest BCUT2D eigenvalue weighted by atomic mass is 32.2. The van der Waals surface area contributed by atoms with Crippen LogP contribution in [0.25, 0.3) is 21.8 Å². The van der Waals surface area contributed by atoms with E-state index < -0.39 is 10.0 Å². The number of thiazole rings is 1. The van der Waals surface area contributed by atoms with E-state index in [2.05, 4.69) is 14.7 Å². The molecule has 9 heteroatoms. The number of rotatable bonds is 7. The maximum absolute atomic E-state index is 12.9. The second kappa shape index (κ2) is 8.75. The van der Waals surface area contributed by atoms with Gasteiger partial charge in [0.2, 0.25) is 0 Å². The molecule has 2 heterocycles. The number of hydrogen-bond acceptors (Lipinski definition) is 7. The van der Waals surface area contributed by atoms with Crippen molar-refractivity contribution >= 4 is 27.0 Å². The van der Waals surface area contributed by atoms with Gasteiger partial charge in [0.05, 0.1) is 24.8 Å². The molecule has 0 bridgehead atoms. The fraction of sp³-hybridized carbons (Fsp3) is 0.0909. The predicted molar refractivity (Wildman–Crippen MR) is 121 cm³/mol. The van der Waals surface area contributed by atoms with Gasteiger partial charge >= 0.3 is 0 Å². The molecule has 31 heavy (non-hydrogen) atoms. The molecule has 4 aromatic rings. The maximum Gasteiger partial charge on any atom is 0.262 e. The summed E-state index contributed by atoms with van der Waals surface area (Å²) in [5.74, 6) is 0.794. The first-order valence-electron chi connectivity index (χ1n) is 9.21. The Labute approximate surface area is 184 Å². The van der Waals surface area contributed by atoms with E-state index in [9.17, 15) is 8.42 Å². The fourth-order valence-corrected chi connectivity index (χ4v) is 4.87. The first-order valence-corrected chi connectivity index (χ1v) is 11.6. The Bertz CT molecular complexity index is 1310. The lowest BCUT2D eigenvalue weighted by Gasteiger charge is -2.12. The first kappa shape index (κ1) is 20.8. The Kier molecular flexibility index (Phi) is 5.88. The molecule has 0 fully saturated rings. The van der Waals surface area contributed by atoms with Crippen LogP contribution in [0.2, 0.25) is 0 Å². The molecule has 2 aromatic heterocycles. The molecule has 0 unspecified atom stereocenters. The van der Waals surface area contributed by atoms with Gasteiger partial charge in [-0.1, -0.05) is 12.1 Å². The smallest absolute Gasteiger partial charge is 0.262 e. The summed E-state index contributed by atoms with van der Waals surface area (Å²) in [6.07, 6.45) is 3.44. The predicted octanol–water partition coefficient (Wildman–Crippen LogP) is 4.69. The third kappa shape index (κ3) is 4.52. The third-order valence-corrected chi connectivity index (χ3v) is 6.78. The Morgan fingerprint density at radius 1 is 0.903 bits per heavy atom. The van der Waals surface area contributed by atoms with Gasteiger partial charge in [-0.25, -0.2) is 13.4 Å². The number of benzene rings is 2. The van der Waals surface area contributed by atoms with Crippen LogP contribution in [0.15, 0.2) is 77.3 Å². The molecule has 1 N–H and O–H groups in total. The molecule has 0 amide bonds.